The van der Waals surface area contributed by atoms with Crippen molar-refractivity contribution >= 4 is 23.3 Å². The highest BCUT2D eigenvalue weighted by Crippen LogP contribution is 2.23. The molecule has 7 heteroatoms. The molecule has 0 aromatic heterocycles. The molecule has 22 heavy (non-hydrogen) atoms. The molecule has 0 aliphatic heterocycles. The van der Waals surface area contributed by atoms with Gasteiger partial charge in [0, 0.05) is 11.1 Å². The maximum Gasteiger partial charge on any atom is 0.338 e. The van der Waals surface area contributed by atoms with Crippen LogP contribution in [0.5, 0.6) is 0 Å². The number of ether oxygens (including phenoxy) is 1. The third kappa shape index (κ3) is 3.40. The summed E-state index contributed by atoms with van der Waals surface area (Å²) in [5, 5.41) is 11.1. The third-order valence-corrected chi connectivity index (χ3v) is 3.31. The highest BCUT2D eigenvalue weighted by atomic mass is 35.5. The Hall–Kier alpha value is -2.47. The van der Waals surface area contributed by atoms with Gasteiger partial charge in [-0.2, -0.15) is 4.39 Å². The fourth-order valence-electron chi connectivity index (χ4n) is 2.03. The Morgan fingerprint density at radius 3 is 2.68 bits per heavy atom. The van der Waals surface area contributed by atoms with E-state index in [0.29, 0.717) is 16.1 Å². The van der Waals surface area contributed by atoms with Gasteiger partial charge in [-0.25, -0.2) is 4.79 Å². The molecule has 0 heterocycles. The number of benzene rings is 2. The van der Waals surface area contributed by atoms with Crippen molar-refractivity contribution in [1.29, 1.82) is 0 Å². The summed E-state index contributed by atoms with van der Waals surface area (Å²) in [5.74, 6) is -1.47. The van der Waals surface area contributed by atoms with Crippen LogP contribution in [0.25, 0.3) is 0 Å². The Bertz CT molecular complexity index is 748. The number of hydrogen-bond acceptors (Lipinski definition) is 4. The van der Waals surface area contributed by atoms with Crippen LogP contribution in [0.1, 0.15) is 21.5 Å². The van der Waals surface area contributed by atoms with E-state index >= 15 is 0 Å². The number of rotatable bonds is 4. The van der Waals surface area contributed by atoms with Gasteiger partial charge in [-0.3, -0.25) is 10.1 Å². The highest BCUT2D eigenvalue weighted by molar-refractivity contribution is 6.31. The molecule has 2 aromatic rings. The summed E-state index contributed by atoms with van der Waals surface area (Å²) in [4.78, 5) is 21.7. The molecular weight excluding hydrogens is 313 g/mol. The number of methoxy groups -OCH3 is 1. The molecule has 0 unspecified atom stereocenters. The van der Waals surface area contributed by atoms with Gasteiger partial charge in [-0.15, -0.1) is 0 Å². The van der Waals surface area contributed by atoms with Crippen molar-refractivity contribution < 1.29 is 18.8 Å². The molecule has 5 nitrogen and oxygen atoms in total. The molecule has 0 spiro atoms. The largest absolute Gasteiger partial charge is 0.465 e. The lowest BCUT2D eigenvalue weighted by Crippen LogP contribution is -2.06. The molecule has 0 bridgehead atoms. The minimum absolute atomic E-state index is 0.211. The monoisotopic (exact) mass is 323 g/mol. The lowest BCUT2D eigenvalue weighted by atomic mass is 9.99. The average molecular weight is 324 g/mol. The molecule has 114 valence electrons. The van der Waals surface area contributed by atoms with Crippen molar-refractivity contribution in [1.82, 2.24) is 0 Å². The summed E-state index contributed by atoms with van der Waals surface area (Å²) in [6.45, 7) is 0. The van der Waals surface area contributed by atoms with Crippen LogP contribution in [0, 0.1) is 15.9 Å². The van der Waals surface area contributed by atoms with Gasteiger partial charge in [-0.05, 0) is 35.7 Å². The van der Waals surface area contributed by atoms with Crippen molar-refractivity contribution in [3.8, 4) is 0 Å². The van der Waals surface area contributed by atoms with Crippen LogP contribution in [-0.4, -0.2) is 18.0 Å². The fraction of sp³-hybridized carbons (Fsp3) is 0.133. The summed E-state index contributed by atoms with van der Waals surface area (Å²) >= 11 is 5.86. The Labute approximate surface area is 130 Å². The molecule has 0 saturated carbocycles. The molecule has 0 radical (unpaired) electrons. The highest BCUT2D eigenvalue weighted by Gasteiger charge is 2.17. The Balaban J connectivity index is 2.41. The fourth-order valence-corrected chi connectivity index (χ4v) is 2.20. The van der Waals surface area contributed by atoms with Gasteiger partial charge in [-0.1, -0.05) is 23.7 Å². The predicted octanol–water partition coefficient (Wildman–Crippen LogP) is 3.76. The van der Waals surface area contributed by atoms with E-state index in [2.05, 4.69) is 4.74 Å². The van der Waals surface area contributed by atoms with Gasteiger partial charge in [0.2, 0.25) is 5.82 Å². The van der Waals surface area contributed by atoms with Gasteiger partial charge in [0.25, 0.3) is 0 Å². The van der Waals surface area contributed by atoms with Crippen molar-refractivity contribution in [3.63, 3.8) is 0 Å². The number of nitro benzene ring substituents is 1. The second-order valence-corrected chi connectivity index (χ2v) is 4.95. The first-order valence-corrected chi connectivity index (χ1v) is 6.59. The Morgan fingerprint density at radius 1 is 1.32 bits per heavy atom. The molecule has 0 saturated heterocycles. The van der Waals surface area contributed by atoms with Gasteiger partial charge in [0.15, 0.2) is 0 Å². The van der Waals surface area contributed by atoms with Crippen molar-refractivity contribution in [2.75, 3.05) is 7.11 Å². The number of nitro groups is 1. The zero-order valence-electron chi connectivity index (χ0n) is 11.5. The molecule has 0 fully saturated rings. The quantitative estimate of drug-likeness (QED) is 0.488. The minimum Gasteiger partial charge on any atom is -0.465 e. The van der Waals surface area contributed by atoms with E-state index in [0.717, 1.165) is 12.1 Å². The maximum atomic E-state index is 13.3. The molecule has 2 aromatic carbocycles. The van der Waals surface area contributed by atoms with E-state index in [1.54, 1.807) is 12.1 Å². The molecule has 0 atom stereocenters. The van der Waals surface area contributed by atoms with E-state index in [-0.39, 0.29) is 12.0 Å². The second-order valence-electron chi connectivity index (χ2n) is 4.51. The minimum atomic E-state index is -0.905. The number of carbonyl (C=O) groups is 1. The molecule has 0 N–H and O–H groups in total. The normalized spacial score (nSPS) is 10.3. The molecule has 0 aliphatic rings. The summed E-state index contributed by atoms with van der Waals surface area (Å²) in [5.41, 5.74) is 0.741. The lowest BCUT2D eigenvalue weighted by molar-refractivity contribution is -0.387. The average Bonchev–Trinajstić information content (AvgIpc) is 2.49. The smallest absolute Gasteiger partial charge is 0.338 e. The van der Waals surface area contributed by atoms with Crippen molar-refractivity contribution in [2.24, 2.45) is 0 Å². The Morgan fingerprint density at radius 2 is 2.05 bits per heavy atom. The van der Waals surface area contributed by atoms with E-state index in [9.17, 15) is 19.3 Å². The van der Waals surface area contributed by atoms with E-state index in [1.807, 2.05) is 0 Å². The van der Waals surface area contributed by atoms with E-state index in [1.165, 1.54) is 19.2 Å². The van der Waals surface area contributed by atoms with Crippen LogP contribution >= 0.6 is 11.6 Å². The van der Waals surface area contributed by atoms with Crippen LogP contribution in [0.4, 0.5) is 10.1 Å². The van der Waals surface area contributed by atoms with Crippen LogP contribution in [0.2, 0.25) is 5.02 Å². The van der Waals surface area contributed by atoms with Gasteiger partial charge in [0.1, 0.15) is 0 Å². The van der Waals surface area contributed by atoms with E-state index in [4.69, 9.17) is 11.6 Å². The first kappa shape index (κ1) is 15.9. The first-order chi connectivity index (χ1) is 10.4. The number of nitrogens with zero attached hydrogens (tertiary/aromatic N) is 1. The van der Waals surface area contributed by atoms with Gasteiger partial charge in [0.05, 0.1) is 17.6 Å². The summed E-state index contributed by atoms with van der Waals surface area (Å²) in [6, 6.07) is 8.29. The van der Waals surface area contributed by atoms with Crippen LogP contribution in [-0.2, 0) is 11.2 Å². The zero-order valence-corrected chi connectivity index (χ0v) is 12.3. The molecule has 0 amide bonds. The van der Waals surface area contributed by atoms with Crippen LogP contribution in [0.3, 0.4) is 0 Å². The summed E-state index contributed by atoms with van der Waals surface area (Å²) in [7, 11) is 1.25. The summed E-state index contributed by atoms with van der Waals surface area (Å²) in [6.07, 6.45) is 0.211. The predicted molar refractivity (Wildman–Crippen MR) is 78.7 cm³/mol. The second kappa shape index (κ2) is 6.53. The molecular formula is C15H11ClFNO4. The number of carbonyl (C=O) groups excluding carboxylic acids is 1. The lowest BCUT2D eigenvalue weighted by Gasteiger charge is -2.09. The van der Waals surface area contributed by atoms with Crippen molar-refractivity contribution in [2.45, 2.75) is 6.42 Å². The topological polar surface area (TPSA) is 69.4 Å². The van der Waals surface area contributed by atoms with E-state index < -0.39 is 22.4 Å². The van der Waals surface area contributed by atoms with Crippen LogP contribution < -0.4 is 0 Å². The standard InChI is InChI=1S/C15H11ClFNO4/c1-22-15(19)12-8-11(16)4-3-10(12)6-9-2-5-13(17)14(7-9)18(20)21/h2-5,7-8H,6H2,1H3. The summed E-state index contributed by atoms with van der Waals surface area (Å²) < 4.78 is 18.0. The number of hydrogen-bond donors (Lipinski definition) is 0. The first-order valence-electron chi connectivity index (χ1n) is 6.22. The molecule has 0 aliphatic carbocycles. The zero-order chi connectivity index (χ0) is 16.3. The van der Waals surface area contributed by atoms with Crippen LogP contribution in [0.15, 0.2) is 36.4 Å². The Kier molecular flexibility index (Phi) is 4.72. The third-order valence-electron chi connectivity index (χ3n) is 3.08. The number of halogens is 2. The van der Waals surface area contributed by atoms with Crippen molar-refractivity contribution in [3.05, 3.63) is 74.0 Å². The number of esters is 1. The van der Waals surface area contributed by atoms with Gasteiger partial charge >= 0.3 is 11.7 Å². The van der Waals surface area contributed by atoms with Gasteiger partial charge < -0.3 is 4.74 Å². The maximum absolute atomic E-state index is 13.3. The SMILES string of the molecule is COC(=O)c1cc(Cl)ccc1Cc1ccc(F)c([N+](=O)[O-])c1. The molecule has 2 rings (SSSR count).